The highest BCUT2D eigenvalue weighted by atomic mass is 16.2. The largest absolute Gasteiger partial charge is 0.356 e. The zero-order chi connectivity index (χ0) is 15.9. The number of para-hydroxylation sites is 1. The highest BCUT2D eigenvalue weighted by molar-refractivity contribution is 5.90. The molecule has 0 radical (unpaired) electrons. The SMILES string of the molecule is Cc1cccc(C)c1NC(=O)NCCCNC(=O)C1CCC1. The summed E-state index contributed by atoms with van der Waals surface area (Å²) >= 11 is 0. The van der Waals surface area contributed by atoms with Crippen molar-refractivity contribution < 1.29 is 9.59 Å². The Bertz CT molecular complexity index is 518. The fourth-order valence-electron chi connectivity index (χ4n) is 2.49. The summed E-state index contributed by atoms with van der Waals surface area (Å²) in [6.45, 7) is 5.10. The van der Waals surface area contributed by atoms with Crippen molar-refractivity contribution in [2.24, 2.45) is 5.92 Å². The van der Waals surface area contributed by atoms with Crippen LogP contribution in [0.5, 0.6) is 0 Å². The monoisotopic (exact) mass is 303 g/mol. The Morgan fingerprint density at radius 2 is 1.73 bits per heavy atom. The molecule has 1 aromatic carbocycles. The summed E-state index contributed by atoms with van der Waals surface area (Å²) in [5.41, 5.74) is 2.95. The van der Waals surface area contributed by atoms with Crippen LogP contribution in [-0.4, -0.2) is 25.0 Å². The van der Waals surface area contributed by atoms with E-state index in [4.69, 9.17) is 0 Å². The van der Waals surface area contributed by atoms with Gasteiger partial charge in [-0.1, -0.05) is 24.6 Å². The predicted molar refractivity (Wildman–Crippen MR) is 87.9 cm³/mol. The number of hydrogen-bond acceptors (Lipinski definition) is 2. The number of amides is 3. The minimum atomic E-state index is -0.206. The molecule has 0 unspecified atom stereocenters. The lowest BCUT2D eigenvalue weighted by Gasteiger charge is -2.24. The third kappa shape index (κ3) is 4.48. The van der Waals surface area contributed by atoms with Crippen molar-refractivity contribution in [3.63, 3.8) is 0 Å². The van der Waals surface area contributed by atoms with Gasteiger partial charge in [0.15, 0.2) is 0 Å². The Balaban J connectivity index is 1.62. The van der Waals surface area contributed by atoms with Gasteiger partial charge in [0.1, 0.15) is 0 Å². The Kier molecular flexibility index (Phi) is 5.81. The van der Waals surface area contributed by atoms with Gasteiger partial charge < -0.3 is 16.0 Å². The van der Waals surface area contributed by atoms with Gasteiger partial charge in [-0.05, 0) is 44.2 Å². The van der Waals surface area contributed by atoms with Gasteiger partial charge in [0.25, 0.3) is 0 Å². The average Bonchev–Trinajstić information content (AvgIpc) is 2.41. The number of aryl methyl sites for hydroxylation is 2. The summed E-state index contributed by atoms with van der Waals surface area (Å²) in [6, 6.07) is 5.71. The Labute approximate surface area is 131 Å². The van der Waals surface area contributed by atoms with Crippen LogP contribution in [0.25, 0.3) is 0 Å². The van der Waals surface area contributed by atoms with Gasteiger partial charge in [-0.25, -0.2) is 4.79 Å². The molecule has 0 heterocycles. The third-order valence-corrected chi connectivity index (χ3v) is 4.13. The van der Waals surface area contributed by atoms with Crippen LogP contribution in [0.15, 0.2) is 18.2 Å². The summed E-state index contributed by atoms with van der Waals surface area (Å²) in [6.07, 6.45) is 3.93. The number of rotatable bonds is 6. The number of benzene rings is 1. The summed E-state index contributed by atoms with van der Waals surface area (Å²) in [5.74, 6) is 0.381. The Morgan fingerprint density at radius 1 is 1.09 bits per heavy atom. The number of nitrogens with one attached hydrogen (secondary N) is 3. The highest BCUT2D eigenvalue weighted by Gasteiger charge is 2.24. The molecule has 3 amide bonds. The van der Waals surface area contributed by atoms with Gasteiger partial charge in [0.05, 0.1) is 0 Å². The van der Waals surface area contributed by atoms with Crippen LogP contribution < -0.4 is 16.0 Å². The minimum Gasteiger partial charge on any atom is -0.356 e. The number of anilines is 1. The molecule has 5 nitrogen and oxygen atoms in total. The molecule has 1 aliphatic carbocycles. The van der Waals surface area contributed by atoms with Crippen molar-refractivity contribution >= 4 is 17.6 Å². The molecule has 0 aromatic heterocycles. The zero-order valence-electron chi connectivity index (χ0n) is 13.4. The summed E-state index contributed by atoms with van der Waals surface area (Å²) in [7, 11) is 0. The second-order valence-corrected chi connectivity index (χ2v) is 5.92. The molecule has 5 heteroatoms. The van der Waals surface area contributed by atoms with E-state index in [9.17, 15) is 9.59 Å². The van der Waals surface area contributed by atoms with E-state index in [1.807, 2.05) is 32.0 Å². The van der Waals surface area contributed by atoms with Crippen molar-refractivity contribution in [1.82, 2.24) is 10.6 Å². The van der Waals surface area contributed by atoms with E-state index in [1.54, 1.807) is 0 Å². The van der Waals surface area contributed by atoms with Crippen molar-refractivity contribution in [1.29, 1.82) is 0 Å². The number of urea groups is 1. The number of carbonyl (C=O) groups is 2. The van der Waals surface area contributed by atoms with Crippen LogP contribution in [0.4, 0.5) is 10.5 Å². The molecule has 3 N–H and O–H groups in total. The summed E-state index contributed by atoms with van der Waals surface area (Å²) < 4.78 is 0. The second kappa shape index (κ2) is 7.82. The maximum absolute atomic E-state index is 11.9. The van der Waals surface area contributed by atoms with E-state index in [2.05, 4.69) is 16.0 Å². The van der Waals surface area contributed by atoms with E-state index in [0.29, 0.717) is 13.1 Å². The number of hydrogen-bond donors (Lipinski definition) is 3. The molecule has 0 saturated heterocycles. The van der Waals surface area contributed by atoms with E-state index in [-0.39, 0.29) is 17.9 Å². The Hall–Kier alpha value is -2.04. The van der Waals surface area contributed by atoms with Gasteiger partial charge in [-0.2, -0.15) is 0 Å². The lowest BCUT2D eigenvalue weighted by molar-refractivity contribution is -0.127. The van der Waals surface area contributed by atoms with E-state index in [1.165, 1.54) is 0 Å². The van der Waals surface area contributed by atoms with Crippen molar-refractivity contribution in [2.45, 2.75) is 39.5 Å². The maximum atomic E-state index is 11.9. The molecule has 0 aliphatic heterocycles. The van der Waals surface area contributed by atoms with Crippen LogP contribution in [0, 0.1) is 19.8 Å². The highest BCUT2D eigenvalue weighted by Crippen LogP contribution is 2.26. The molecule has 0 spiro atoms. The third-order valence-electron chi connectivity index (χ3n) is 4.13. The average molecular weight is 303 g/mol. The van der Waals surface area contributed by atoms with Crippen LogP contribution in [-0.2, 0) is 4.79 Å². The zero-order valence-corrected chi connectivity index (χ0v) is 13.4. The first-order valence-electron chi connectivity index (χ1n) is 7.96. The smallest absolute Gasteiger partial charge is 0.319 e. The standard InChI is InChI=1S/C17H25N3O2/c1-12-6-3-7-13(2)15(12)20-17(22)19-11-5-10-18-16(21)14-8-4-9-14/h3,6-7,14H,4-5,8-11H2,1-2H3,(H,18,21)(H2,19,20,22). The van der Waals surface area contributed by atoms with Crippen LogP contribution in [0.1, 0.15) is 36.8 Å². The fraction of sp³-hybridized carbons (Fsp3) is 0.529. The van der Waals surface area contributed by atoms with Gasteiger partial charge >= 0.3 is 6.03 Å². The molecule has 1 aliphatic rings. The van der Waals surface area contributed by atoms with Crippen molar-refractivity contribution in [3.8, 4) is 0 Å². The topological polar surface area (TPSA) is 70.2 Å². The summed E-state index contributed by atoms with van der Waals surface area (Å²) in [5, 5.41) is 8.61. The van der Waals surface area contributed by atoms with Gasteiger partial charge in [0, 0.05) is 24.7 Å². The molecular formula is C17H25N3O2. The lowest BCUT2D eigenvalue weighted by atomic mass is 9.85. The molecule has 2 rings (SSSR count). The van der Waals surface area contributed by atoms with E-state index < -0.39 is 0 Å². The van der Waals surface area contributed by atoms with Gasteiger partial charge in [-0.3, -0.25) is 4.79 Å². The molecule has 0 atom stereocenters. The molecular weight excluding hydrogens is 278 g/mol. The normalized spacial score (nSPS) is 14.1. The van der Waals surface area contributed by atoms with Crippen molar-refractivity contribution in [2.75, 3.05) is 18.4 Å². The number of carbonyl (C=O) groups excluding carboxylic acids is 2. The van der Waals surface area contributed by atoms with Gasteiger partial charge in [0.2, 0.25) is 5.91 Å². The fourth-order valence-corrected chi connectivity index (χ4v) is 2.49. The predicted octanol–water partition coefficient (Wildman–Crippen LogP) is 2.73. The first kappa shape index (κ1) is 16.3. The first-order chi connectivity index (χ1) is 10.6. The molecule has 1 fully saturated rings. The molecule has 1 saturated carbocycles. The first-order valence-corrected chi connectivity index (χ1v) is 7.96. The van der Waals surface area contributed by atoms with Crippen molar-refractivity contribution in [3.05, 3.63) is 29.3 Å². The quantitative estimate of drug-likeness (QED) is 0.707. The van der Waals surface area contributed by atoms with Crippen LogP contribution in [0.2, 0.25) is 0 Å². The van der Waals surface area contributed by atoms with Crippen LogP contribution in [0.3, 0.4) is 0 Å². The van der Waals surface area contributed by atoms with E-state index in [0.717, 1.165) is 42.5 Å². The molecule has 1 aromatic rings. The van der Waals surface area contributed by atoms with Gasteiger partial charge in [-0.15, -0.1) is 0 Å². The molecule has 120 valence electrons. The molecule has 22 heavy (non-hydrogen) atoms. The lowest BCUT2D eigenvalue weighted by Crippen LogP contribution is -2.36. The molecule has 0 bridgehead atoms. The van der Waals surface area contributed by atoms with E-state index >= 15 is 0 Å². The second-order valence-electron chi connectivity index (χ2n) is 5.92. The maximum Gasteiger partial charge on any atom is 0.319 e. The Morgan fingerprint density at radius 3 is 2.32 bits per heavy atom. The minimum absolute atomic E-state index is 0.159. The summed E-state index contributed by atoms with van der Waals surface area (Å²) in [4.78, 5) is 23.5. The van der Waals surface area contributed by atoms with Crippen LogP contribution >= 0.6 is 0 Å².